The maximum absolute atomic E-state index is 13.1. The Labute approximate surface area is 187 Å². The number of benzene rings is 2. The predicted octanol–water partition coefficient (Wildman–Crippen LogP) is 3.37. The van der Waals surface area contributed by atoms with Crippen molar-refractivity contribution in [2.75, 3.05) is 44.9 Å². The van der Waals surface area contributed by atoms with Gasteiger partial charge in [0.15, 0.2) is 15.0 Å². The quantitative estimate of drug-likeness (QED) is 0.486. The molecule has 0 atom stereocenters. The number of carbonyl (C=O) groups is 1. The van der Waals surface area contributed by atoms with Gasteiger partial charge in [-0.15, -0.1) is 0 Å². The van der Waals surface area contributed by atoms with Crippen molar-refractivity contribution in [1.29, 1.82) is 0 Å². The normalized spacial score (nSPS) is 11.8. The van der Waals surface area contributed by atoms with Gasteiger partial charge < -0.3 is 9.64 Å². The summed E-state index contributed by atoms with van der Waals surface area (Å²) < 4.78 is 31.5. The van der Waals surface area contributed by atoms with Gasteiger partial charge in [0.2, 0.25) is 5.91 Å². The Morgan fingerprint density at radius 2 is 1.81 bits per heavy atom. The van der Waals surface area contributed by atoms with Crippen molar-refractivity contribution >= 4 is 42.4 Å². The third-order valence-corrected chi connectivity index (χ3v) is 7.62. The van der Waals surface area contributed by atoms with Crippen molar-refractivity contribution in [3.63, 3.8) is 0 Å². The lowest BCUT2D eigenvalue weighted by Crippen LogP contribution is -2.37. The van der Waals surface area contributed by atoms with E-state index in [-0.39, 0.29) is 23.0 Å². The summed E-state index contributed by atoms with van der Waals surface area (Å²) in [4.78, 5) is 21.5. The molecule has 3 rings (SSSR count). The monoisotopic (exact) mass is 461 g/mol. The van der Waals surface area contributed by atoms with Gasteiger partial charge in [0, 0.05) is 19.5 Å². The number of rotatable bonds is 9. The number of sulfone groups is 1. The van der Waals surface area contributed by atoms with Crippen LogP contribution in [0.4, 0.5) is 5.13 Å². The summed E-state index contributed by atoms with van der Waals surface area (Å²) in [6, 6.07) is 12.2. The molecular formula is C22H27N3O4S2. The van der Waals surface area contributed by atoms with Crippen LogP contribution >= 0.6 is 11.3 Å². The molecule has 0 aliphatic heterocycles. The zero-order chi connectivity index (χ0) is 22.6. The van der Waals surface area contributed by atoms with Gasteiger partial charge in [0.25, 0.3) is 0 Å². The number of hydrogen-bond donors (Lipinski definition) is 0. The Morgan fingerprint density at radius 1 is 1.10 bits per heavy atom. The van der Waals surface area contributed by atoms with Crippen molar-refractivity contribution in [3.8, 4) is 5.75 Å². The molecule has 0 radical (unpaired) electrons. The number of methoxy groups -OCH3 is 1. The first-order valence-corrected chi connectivity index (χ1v) is 12.4. The molecule has 7 nitrogen and oxygen atoms in total. The molecule has 0 aliphatic carbocycles. The van der Waals surface area contributed by atoms with Crippen LogP contribution < -0.4 is 9.64 Å². The molecule has 0 bridgehead atoms. The Hall–Kier alpha value is -2.49. The predicted molar refractivity (Wildman–Crippen MR) is 125 cm³/mol. The Balaban J connectivity index is 1.81. The molecule has 3 aromatic rings. The zero-order valence-electron chi connectivity index (χ0n) is 18.2. The molecule has 1 amide bonds. The van der Waals surface area contributed by atoms with Gasteiger partial charge in [-0.05, 0) is 51.4 Å². The van der Waals surface area contributed by atoms with Crippen molar-refractivity contribution < 1.29 is 17.9 Å². The lowest BCUT2D eigenvalue weighted by atomic mass is 10.2. The molecule has 1 heterocycles. The lowest BCUT2D eigenvalue weighted by molar-refractivity contribution is -0.118. The van der Waals surface area contributed by atoms with Gasteiger partial charge >= 0.3 is 0 Å². The Kier molecular flexibility index (Phi) is 7.30. The zero-order valence-corrected chi connectivity index (χ0v) is 19.8. The number of likely N-dealkylation sites (N-methyl/N-ethyl adjacent to an activating group) is 1. The highest BCUT2D eigenvalue weighted by Crippen LogP contribution is 2.31. The first-order valence-electron chi connectivity index (χ1n) is 9.89. The van der Waals surface area contributed by atoms with Crippen molar-refractivity contribution in [1.82, 2.24) is 9.88 Å². The summed E-state index contributed by atoms with van der Waals surface area (Å²) in [5, 5.41) is 0.558. The van der Waals surface area contributed by atoms with E-state index in [0.29, 0.717) is 18.2 Å². The summed E-state index contributed by atoms with van der Waals surface area (Å²) >= 11 is 1.39. The molecule has 1 aromatic heterocycles. The summed E-state index contributed by atoms with van der Waals surface area (Å²) in [6.07, 6.45) is -0.108. The average molecular weight is 462 g/mol. The third kappa shape index (κ3) is 5.81. The van der Waals surface area contributed by atoms with E-state index < -0.39 is 9.84 Å². The van der Waals surface area contributed by atoms with E-state index in [1.54, 1.807) is 36.3 Å². The highest BCUT2D eigenvalue weighted by atomic mass is 32.2. The van der Waals surface area contributed by atoms with Gasteiger partial charge in [-0.25, -0.2) is 13.4 Å². The van der Waals surface area contributed by atoms with Gasteiger partial charge in [-0.1, -0.05) is 29.0 Å². The molecule has 0 spiro atoms. The van der Waals surface area contributed by atoms with Crippen molar-refractivity contribution in [2.45, 2.75) is 18.2 Å². The second-order valence-electron chi connectivity index (χ2n) is 7.56. The number of fused-ring (bicyclic) bond motifs is 1. The van der Waals surface area contributed by atoms with Crippen LogP contribution in [0, 0.1) is 6.92 Å². The third-order valence-electron chi connectivity index (χ3n) is 4.85. The van der Waals surface area contributed by atoms with Crippen molar-refractivity contribution in [2.24, 2.45) is 0 Å². The van der Waals surface area contributed by atoms with E-state index in [4.69, 9.17) is 4.74 Å². The number of ether oxygens (including phenoxy) is 1. The first-order chi connectivity index (χ1) is 14.7. The molecular weight excluding hydrogens is 434 g/mol. The number of thiazole rings is 1. The molecule has 0 saturated carbocycles. The van der Waals surface area contributed by atoms with Crippen LogP contribution in [-0.2, 0) is 14.6 Å². The van der Waals surface area contributed by atoms with Gasteiger partial charge in [0.05, 0.1) is 28.0 Å². The largest absolute Gasteiger partial charge is 0.497 e. The van der Waals surface area contributed by atoms with Crippen LogP contribution in [0.2, 0.25) is 0 Å². The molecule has 166 valence electrons. The van der Waals surface area contributed by atoms with E-state index in [0.717, 1.165) is 21.5 Å². The standard InChI is InChI=1S/C22H27N3O4S2/c1-16-5-8-18(9-6-16)31(27,28)14-11-21(26)25(13-12-24(2)3)22-23-19-10-7-17(29-4)15-20(19)30-22/h5-10,15H,11-14H2,1-4H3. The summed E-state index contributed by atoms with van der Waals surface area (Å²) in [5.41, 5.74) is 1.76. The van der Waals surface area contributed by atoms with Gasteiger partial charge in [0.1, 0.15) is 5.75 Å². The number of carbonyl (C=O) groups excluding carboxylic acids is 1. The van der Waals surface area contributed by atoms with Gasteiger partial charge in [-0.3, -0.25) is 9.69 Å². The SMILES string of the molecule is COc1ccc2nc(N(CCN(C)C)C(=O)CCS(=O)(=O)c3ccc(C)cc3)sc2c1. The number of anilines is 1. The molecule has 31 heavy (non-hydrogen) atoms. The fourth-order valence-electron chi connectivity index (χ4n) is 2.98. The Morgan fingerprint density at radius 3 is 2.45 bits per heavy atom. The molecule has 0 unspecified atom stereocenters. The average Bonchev–Trinajstić information content (AvgIpc) is 3.15. The first kappa shape index (κ1) is 23.2. The molecule has 0 N–H and O–H groups in total. The number of aryl methyl sites for hydroxylation is 1. The van der Waals surface area contributed by atoms with Crippen LogP contribution in [0.25, 0.3) is 10.2 Å². The maximum Gasteiger partial charge on any atom is 0.229 e. The lowest BCUT2D eigenvalue weighted by Gasteiger charge is -2.22. The van der Waals surface area contributed by atoms with E-state index in [9.17, 15) is 13.2 Å². The molecule has 2 aromatic carbocycles. The second kappa shape index (κ2) is 9.76. The topological polar surface area (TPSA) is 79.8 Å². The number of hydrogen-bond acceptors (Lipinski definition) is 7. The smallest absolute Gasteiger partial charge is 0.229 e. The Bertz CT molecular complexity index is 1160. The second-order valence-corrected chi connectivity index (χ2v) is 10.7. The van der Waals surface area contributed by atoms with Crippen LogP contribution in [-0.4, -0.2) is 64.3 Å². The van der Waals surface area contributed by atoms with E-state index >= 15 is 0 Å². The minimum absolute atomic E-state index is 0.108. The van der Waals surface area contributed by atoms with Gasteiger partial charge in [-0.2, -0.15) is 0 Å². The molecule has 0 fully saturated rings. The van der Waals surface area contributed by atoms with E-state index in [1.165, 1.54) is 11.3 Å². The van der Waals surface area contributed by atoms with Crippen LogP contribution in [0.15, 0.2) is 47.4 Å². The summed E-state index contributed by atoms with van der Waals surface area (Å²) in [7, 11) is 1.91. The fourth-order valence-corrected chi connectivity index (χ4v) is 5.25. The maximum atomic E-state index is 13.1. The molecule has 9 heteroatoms. The minimum Gasteiger partial charge on any atom is -0.497 e. The van der Waals surface area contributed by atoms with Crippen LogP contribution in [0.1, 0.15) is 12.0 Å². The van der Waals surface area contributed by atoms with Crippen LogP contribution in [0.5, 0.6) is 5.75 Å². The summed E-state index contributed by atoms with van der Waals surface area (Å²) in [6.45, 7) is 2.96. The fraction of sp³-hybridized carbons (Fsp3) is 0.364. The number of amides is 1. The highest BCUT2D eigenvalue weighted by molar-refractivity contribution is 7.91. The minimum atomic E-state index is -3.54. The van der Waals surface area contributed by atoms with Crippen LogP contribution in [0.3, 0.4) is 0 Å². The van der Waals surface area contributed by atoms with E-state index in [2.05, 4.69) is 4.98 Å². The molecule has 0 aliphatic rings. The number of nitrogens with zero attached hydrogens (tertiary/aromatic N) is 3. The van der Waals surface area contributed by atoms with E-state index in [1.807, 2.05) is 44.1 Å². The summed E-state index contributed by atoms with van der Waals surface area (Å²) in [5.74, 6) is 0.216. The molecule has 0 saturated heterocycles. The number of aromatic nitrogens is 1. The highest BCUT2D eigenvalue weighted by Gasteiger charge is 2.23. The van der Waals surface area contributed by atoms with Crippen molar-refractivity contribution in [3.05, 3.63) is 48.0 Å².